The number of aliphatic hydroxyl groups excluding tert-OH is 1. The third kappa shape index (κ3) is 14.0. The van der Waals surface area contributed by atoms with E-state index in [1.807, 2.05) is 6.92 Å². The first-order valence-electron chi connectivity index (χ1n) is 9.56. The molecule has 0 saturated carbocycles. The van der Waals surface area contributed by atoms with Crippen LogP contribution in [0.15, 0.2) is 0 Å². The van der Waals surface area contributed by atoms with Gasteiger partial charge in [-0.25, -0.2) is 0 Å². The van der Waals surface area contributed by atoms with Gasteiger partial charge in [-0.2, -0.15) is 8.42 Å². The predicted molar refractivity (Wildman–Crippen MR) is 97.3 cm³/mol. The lowest BCUT2D eigenvalue weighted by atomic mass is 10.0. The third-order valence-corrected chi connectivity index (χ3v) is 5.80. The second kappa shape index (κ2) is 14.2. The molecule has 0 spiro atoms. The molecule has 0 saturated heterocycles. The minimum atomic E-state index is -3.88. The number of aliphatic hydroxyl groups is 1. The molecule has 0 aliphatic rings. The van der Waals surface area contributed by atoms with Crippen LogP contribution in [0.25, 0.3) is 0 Å². The molecule has 0 aromatic rings. The lowest BCUT2D eigenvalue weighted by molar-refractivity contribution is 0.147. The Balaban J connectivity index is 3.52. The van der Waals surface area contributed by atoms with Crippen molar-refractivity contribution in [2.45, 2.75) is 115 Å². The molecule has 2 atom stereocenters. The van der Waals surface area contributed by atoms with Gasteiger partial charge in [0.25, 0.3) is 10.1 Å². The van der Waals surface area contributed by atoms with E-state index in [-0.39, 0.29) is 6.10 Å². The van der Waals surface area contributed by atoms with E-state index in [0.29, 0.717) is 12.8 Å². The quantitative estimate of drug-likeness (QED) is 0.300. The maximum Gasteiger partial charge on any atom is 0.267 e. The molecule has 2 unspecified atom stereocenters. The summed E-state index contributed by atoms with van der Waals surface area (Å²) in [6.07, 6.45) is 13.5. The first kappa shape index (κ1) is 22.9. The van der Waals surface area contributed by atoms with Crippen LogP contribution < -0.4 is 0 Å². The molecule has 0 aliphatic heterocycles. The van der Waals surface area contributed by atoms with Crippen molar-refractivity contribution in [3.8, 4) is 0 Å². The Morgan fingerprint density at radius 2 is 1.17 bits per heavy atom. The van der Waals surface area contributed by atoms with E-state index in [9.17, 15) is 13.5 Å². The molecule has 140 valence electrons. The van der Waals surface area contributed by atoms with Gasteiger partial charge in [0.05, 0.1) is 11.4 Å². The molecular formula is C18H38O4S. The maximum absolute atomic E-state index is 11.2. The van der Waals surface area contributed by atoms with E-state index in [2.05, 4.69) is 6.92 Å². The number of unbranched alkanes of at least 4 members (excludes halogenated alkanes) is 7. The van der Waals surface area contributed by atoms with Crippen molar-refractivity contribution in [3.05, 3.63) is 0 Å². The standard InChI is InChI=1S/C18H38O4S/c1-3-5-10-14-17(19)15-11-8-6-7-9-12-16-18(13-4-2)23(20,21)22/h17-19H,3-16H2,1-2H3,(H,20,21,22). The van der Waals surface area contributed by atoms with Gasteiger partial charge in [0.15, 0.2) is 0 Å². The Morgan fingerprint density at radius 3 is 1.65 bits per heavy atom. The summed E-state index contributed by atoms with van der Waals surface area (Å²) in [7, 11) is -3.88. The molecule has 2 N–H and O–H groups in total. The number of hydrogen-bond acceptors (Lipinski definition) is 3. The molecule has 4 nitrogen and oxygen atoms in total. The van der Waals surface area contributed by atoms with Crippen LogP contribution in [0.1, 0.15) is 104 Å². The van der Waals surface area contributed by atoms with E-state index in [1.54, 1.807) is 0 Å². The Kier molecular flexibility index (Phi) is 14.2. The van der Waals surface area contributed by atoms with Crippen LogP contribution in [0.2, 0.25) is 0 Å². The van der Waals surface area contributed by atoms with Gasteiger partial charge in [0.1, 0.15) is 0 Å². The van der Waals surface area contributed by atoms with Crippen LogP contribution in [0.4, 0.5) is 0 Å². The van der Waals surface area contributed by atoms with Gasteiger partial charge in [-0.1, -0.05) is 78.1 Å². The molecular weight excluding hydrogens is 312 g/mol. The highest BCUT2D eigenvalue weighted by Crippen LogP contribution is 2.17. The van der Waals surface area contributed by atoms with Crippen LogP contribution in [-0.2, 0) is 10.1 Å². The normalized spacial score (nSPS) is 14.8. The molecule has 0 fully saturated rings. The van der Waals surface area contributed by atoms with Crippen LogP contribution in [-0.4, -0.2) is 29.4 Å². The molecule has 0 aliphatic carbocycles. The topological polar surface area (TPSA) is 74.6 Å². The van der Waals surface area contributed by atoms with Crippen LogP contribution in [0, 0.1) is 0 Å². The summed E-state index contributed by atoms with van der Waals surface area (Å²) in [6, 6.07) is 0. The number of hydrogen-bond donors (Lipinski definition) is 2. The zero-order valence-corrected chi connectivity index (χ0v) is 16.0. The number of rotatable bonds is 16. The van der Waals surface area contributed by atoms with Crippen LogP contribution in [0.3, 0.4) is 0 Å². The Labute approximate surface area is 143 Å². The monoisotopic (exact) mass is 350 g/mol. The summed E-state index contributed by atoms with van der Waals surface area (Å²) in [5, 5.41) is 9.25. The molecule has 23 heavy (non-hydrogen) atoms. The van der Waals surface area contributed by atoms with E-state index in [4.69, 9.17) is 4.55 Å². The Morgan fingerprint density at radius 1 is 0.696 bits per heavy atom. The zero-order valence-electron chi connectivity index (χ0n) is 15.2. The summed E-state index contributed by atoms with van der Waals surface area (Å²) < 4.78 is 31.6. The molecule has 0 rings (SSSR count). The van der Waals surface area contributed by atoms with E-state index >= 15 is 0 Å². The predicted octanol–water partition coefficient (Wildman–Crippen LogP) is 5.10. The molecule has 0 heterocycles. The van der Waals surface area contributed by atoms with Gasteiger partial charge in [0.2, 0.25) is 0 Å². The van der Waals surface area contributed by atoms with Crippen molar-refractivity contribution < 1.29 is 18.1 Å². The fourth-order valence-corrected chi connectivity index (χ4v) is 4.00. The van der Waals surface area contributed by atoms with Gasteiger partial charge in [-0.05, 0) is 25.7 Å². The molecule has 0 radical (unpaired) electrons. The average Bonchev–Trinajstić information content (AvgIpc) is 2.48. The van der Waals surface area contributed by atoms with Gasteiger partial charge in [-0.15, -0.1) is 0 Å². The molecule has 0 bridgehead atoms. The molecule has 5 heteroatoms. The van der Waals surface area contributed by atoms with Crippen LogP contribution in [0.5, 0.6) is 0 Å². The van der Waals surface area contributed by atoms with Gasteiger partial charge in [-0.3, -0.25) is 4.55 Å². The fourth-order valence-electron chi connectivity index (χ4n) is 3.00. The summed E-state index contributed by atoms with van der Waals surface area (Å²) in [4.78, 5) is 0. The van der Waals surface area contributed by atoms with Crippen molar-refractivity contribution >= 4 is 10.1 Å². The lowest BCUT2D eigenvalue weighted by Crippen LogP contribution is -2.20. The van der Waals surface area contributed by atoms with Gasteiger partial charge < -0.3 is 5.11 Å². The summed E-state index contributed by atoms with van der Waals surface area (Å²) in [6.45, 7) is 4.11. The highest BCUT2D eigenvalue weighted by molar-refractivity contribution is 7.86. The van der Waals surface area contributed by atoms with Crippen molar-refractivity contribution in [1.29, 1.82) is 0 Å². The van der Waals surface area contributed by atoms with Crippen molar-refractivity contribution in [2.75, 3.05) is 0 Å². The summed E-state index contributed by atoms with van der Waals surface area (Å²) in [5.74, 6) is 0. The largest absolute Gasteiger partial charge is 0.393 e. The highest BCUT2D eigenvalue weighted by Gasteiger charge is 2.20. The third-order valence-electron chi connectivity index (χ3n) is 4.49. The highest BCUT2D eigenvalue weighted by atomic mass is 32.2. The summed E-state index contributed by atoms with van der Waals surface area (Å²) in [5.41, 5.74) is 0. The van der Waals surface area contributed by atoms with Crippen molar-refractivity contribution in [1.82, 2.24) is 0 Å². The maximum atomic E-state index is 11.2. The summed E-state index contributed by atoms with van der Waals surface area (Å²) >= 11 is 0. The van der Waals surface area contributed by atoms with Gasteiger partial charge in [0, 0.05) is 0 Å². The average molecular weight is 351 g/mol. The Hall–Kier alpha value is -0.130. The van der Waals surface area contributed by atoms with E-state index in [0.717, 1.165) is 64.2 Å². The molecule has 0 aromatic carbocycles. The molecule has 0 aromatic heterocycles. The smallest absolute Gasteiger partial charge is 0.267 e. The minimum Gasteiger partial charge on any atom is -0.393 e. The zero-order chi connectivity index (χ0) is 17.6. The van der Waals surface area contributed by atoms with Crippen LogP contribution >= 0.6 is 0 Å². The van der Waals surface area contributed by atoms with Crippen molar-refractivity contribution in [3.63, 3.8) is 0 Å². The first-order chi connectivity index (χ1) is 10.9. The minimum absolute atomic E-state index is 0.133. The molecule has 0 amide bonds. The SMILES string of the molecule is CCCCCC(O)CCCCCCCCC(CCC)S(=O)(=O)O. The van der Waals surface area contributed by atoms with Gasteiger partial charge >= 0.3 is 0 Å². The fraction of sp³-hybridized carbons (Fsp3) is 1.00. The van der Waals surface area contributed by atoms with Crippen molar-refractivity contribution in [2.24, 2.45) is 0 Å². The first-order valence-corrected chi connectivity index (χ1v) is 11.1. The second-order valence-electron chi connectivity index (χ2n) is 6.77. The van der Waals surface area contributed by atoms with E-state index < -0.39 is 15.4 Å². The van der Waals surface area contributed by atoms with E-state index in [1.165, 1.54) is 12.8 Å². The lowest BCUT2D eigenvalue weighted by Gasteiger charge is -2.12. The Bertz CT molecular complexity index is 354. The second-order valence-corrected chi connectivity index (χ2v) is 8.47.